The van der Waals surface area contributed by atoms with E-state index in [1.165, 1.54) is 161 Å². The van der Waals surface area contributed by atoms with E-state index in [1.54, 1.807) is 16.9 Å². The lowest BCUT2D eigenvalue weighted by atomic mass is 9.89. The minimum Gasteiger partial charge on any atom is -0.151 e. The SMILES string of the molecule is CCCCCCCCCCCCC(CCCCCCCCCC)Cc1csc(-c2ccc(Br)c3cscc23)c1. The molecule has 0 saturated carbocycles. The molecule has 218 valence electrons. The maximum atomic E-state index is 3.74. The summed E-state index contributed by atoms with van der Waals surface area (Å²) in [4.78, 5) is 1.44. The Balaban J connectivity index is 1.46. The van der Waals surface area contributed by atoms with Gasteiger partial charge in [-0.1, -0.05) is 164 Å². The third kappa shape index (κ3) is 12.4. The second-order valence-electron chi connectivity index (χ2n) is 11.9. The van der Waals surface area contributed by atoms with Crippen LogP contribution in [0.2, 0.25) is 0 Å². The average molecular weight is 632 g/mol. The van der Waals surface area contributed by atoms with Gasteiger partial charge in [-0.15, -0.1) is 11.3 Å². The highest BCUT2D eigenvalue weighted by Gasteiger charge is 2.14. The zero-order valence-corrected chi connectivity index (χ0v) is 28.3. The summed E-state index contributed by atoms with van der Waals surface area (Å²) in [6, 6.07) is 7.03. The predicted octanol–water partition coefficient (Wildman–Crippen LogP) is 14.4. The fraction of sp³-hybridized carbons (Fsp3) is 0.667. The zero-order valence-electron chi connectivity index (χ0n) is 25.1. The lowest BCUT2D eigenvalue weighted by Crippen LogP contribution is -2.05. The largest absolute Gasteiger partial charge is 0.151 e. The van der Waals surface area contributed by atoms with Gasteiger partial charge in [0.15, 0.2) is 0 Å². The first-order valence-corrected chi connectivity index (χ1v) is 19.1. The number of hydrogen-bond donors (Lipinski definition) is 0. The molecule has 0 nitrogen and oxygen atoms in total. The predicted molar refractivity (Wildman–Crippen MR) is 184 cm³/mol. The molecule has 0 saturated heterocycles. The minimum absolute atomic E-state index is 0.854. The Kier molecular flexibility index (Phi) is 17.1. The molecule has 0 aliphatic carbocycles. The topological polar surface area (TPSA) is 0 Å². The quantitative estimate of drug-likeness (QED) is 0.0914. The molecule has 1 atom stereocenters. The molecule has 2 heterocycles. The van der Waals surface area contributed by atoms with Crippen LogP contribution in [-0.2, 0) is 6.42 Å². The third-order valence-corrected chi connectivity index (χ3v) is 10.9. The molecule has 0 bridgehead atoms. The fourth-order valence-electron chi connectivity index (χ4n) is 6.03. The van der Waals surface area contributed by atoms with Crippen molar-refractivity contribution in [1.29, 1.82) is 0 Å². The van der Waals surface area contributed by atoms with Crippen molar-refractivity contribution in [2.75, 3.05) is 0 Å². The highest BCUT2D eigenvalue weighted by atomic mass is 79.9. The van der Waals surface area contributed by atoms with Gasteiger partial charge in [0.25, 0.3) is 0 Å². The van der Waals surface area contributed by atoms with Gasteiger partial charge in [-0.2, -0.15) is 11.3 Å². The first kappa shape index (κ1) is 32.9. The van der Waals surface area contributed by atoms with Gasteiger partial charge in [0.1, 0.15) is 0 Å². The average Bonchev–Trinajstić information content (AvgIpc) is 3.62. The molecule has 0 aliphatic heterocycles. The third-order valence-electron chi connectivity index (χ3n) is 8.48. The van der Waals surface area contributed by atoms with Gasteiger partial charge >= 0.3 is 0 Å². The summed E-state index contributed by atoms with van der Waals surface area (Å²) in [7, 11) is 0. The molecule has 0 N–H and O–H groups in total. The van der Waals surface area contributed by atoms with Crippen LogP contribution in [0.1, 0.15) is 148 Å². The molecule has 1 aromatic carbocycles. The van der Waals surface area contributed by atoms with Gasteiger partial charge < -0.3 is 0 Å². The number of fused-ring (bicyclic) bond motifs is 1. The van der Waals surface area contributed by atoms with Crippen LogP contribution < -0.4 is 0 Å². The van der Waals surface area contributed by atoms with Gasteiger partial charge in [-0.05, 0) is 46.2 Å². The number of benzene rings is 1. The maximum absolute atomic E-state index is 3.74. The molecule has 3 heteroatoms. The van der Waals surface area contributed by atoms with Crippen molar-refractivity contribution < 1.29 is 0 Å². The molecule has 3 aromatic rings. The van der Waals surface area contributed by atoms with Crippen molar-refractivity contribution in [3.05, 3.63) is 44.4 Å². The Morgan fingerprint density at radius 2 is 1.13 bits per heavy atom. The Bertz CT molecular complexity index is 1020. The van der Waals surface area contributed by atoms with Gasteiger partial charge in [0, 0.05) is 25.7 Å². The van der Waals surface area contributed by atoms with Crippen molar-refractivity contribution in [2.24, 2.45) is 5.92 Å². The van der Waals surface area contributed by atoms with Crippen LogP contribution in [0.3, 0.4) is 0 Å². The van der Waals surface area contributed by atoms with Crippen molar-refractivity contribution in [3.8, 4) is 10.4 Å². The number of rotatable bonds is 23. The summed E-state index contributed by atoms with van der Waals surface area (Å²) in [6.07, 6.45) is 29.9. The monoisotopic (exact) mass is 630 g/mol. The normalized spacial score (nSPS) is 12.5. The molecule has 0 fully saturated rings. The van der Waals surface area contributed by atoms with E-state index in [-0.39, 0.29) is 0 Å². The molecule has 3 rings (SSSR count). The van der Waals surface area contributed by atoms with Crippen molar-refractivity contribution in [2.45, 2.75) is 149 Å². The standard InChI is InChI=1S/C36H55BrS2/c1-3-5-7-9-11-13-14-16-18-20-22-30(21-19-17-15-12-10-8-6-4-2)25-31-26-36(39-27-31)32-23-24-35(37)34-29-38-28-33(32)34/h23-24,26-30H,3-22,25H2,1-2H3. The summed E-state index contributed by atoms with van der Waals surface area (Å²) >= 11 is 7.49. The van der Waals surface area contributed by atoms with Gasteiger partial charge in [-0.25, -0.2) is 0 Å². The smallest absolute Gasteiger partial charge is 0.0352 e. The highest BCUT2D eigenvalue weighted by molar-refractivity contribution is 9.10. The second kappa shape index (κ2) is 20.3. The number of hydrogen-bond acceptors (Lipinski definition) is 2. The molecular formula is C36H55BrS2. The second-order valence-corrected chi connectivity index (χ2v) is 14.4. The maximum Gasteiger partial charge on any atom is 0.0352 e. The molecule has 1 unspecified atom stereocenters. The van der Waals surface area contributed by atoms with Crippen molar-refractivity contribution >= 4 is 49.4 Å². The lowest BCUT2D eigenvalue weighted by molar-refractivity contribution is 0.400. The van der Waals surface area contributed by atoms with Crippen LogP contribution in [0.25, 0.3) is 21.2 Å². The number of halogens is 1. The van der Waals surface area contributed by atoms with E-state index in [0.29, 0.717) is 0 Å². The molecular weight excluding hydrogens is 576 g/mol. The van der Waals surface area contributed by atoms with E-state index in [4.69, 9.17) is 0 Å². The van der Waals surface area contributed by atoms with E-state index < -0.39 is 0 Å². The van der Waals surface area contributed by atoms with Crippen molar-refractivity contribution in [3.63, 3.8) is 0 Å². The van der Waals surface area contributed by atoms with E-state index in [2.05, 4.69) is 64.1 Å². The highest BCUT2D eigenvalue weighted by Crippen LogP contribution is 2.38. The summed E-state index contributed by atoms with van der Waals surface area (Å²) < 4.78 is 1.21. The van der Waals surface area contributed by atoms with E-state index in [0.717, 1.165) is 5.92 Å². The van der Waals surface area contributed by atoms with Crippen LogP contribution in [0.4, 0.5) is 0 Å². The Morgan fingerprint density at radius 1 is 0.615 bits per heavy atom. The van der Waals surface area contributed by atoms with Gasteiger partial charge in [0.05, 0.1) is 0 Å². The van der Waals surface area contributed by atoms with Crippen LogP contribution >= 0.6 is 38.6 Å². The molecule has 2 aromatic heterocycles. The van der Waals surface area contributed by atoms with Gasteiger partial charge in [0.2, 0.25) is 0 Å². The van der Waals surface area contributed by atoms with Crippen LogP contribution in [0.5, 0.6) is 0 Å². The Labute approximate surface area is 257 Å². The Hall–Kier alpha value is -0.640. The molecule has 0 spiro atoms. The zero-order chi connectivity index (χ0) is 27.5. The molecule has 0 radical (unpaired) electrons. The number of thiophene rings is 2. The van der Waals surface area contributed by atoms with E-state index in [9.17, 15) is 0 Å². The summed E-state index contributed by atoms with van der Waals surface area (Å²) in [5.41, 5.74) is 2.97. The first-order valence-electron chi connectivity index (χ1n) is 16.4. The number of unbranched alkanes of at least 4 members (excludes halogenated alkanes) is 16. The fourth-order valence-corrected chi connectivity index (χ4v) is 8.46. The minimum atomic E-state index is 0.854. The van der Waals surface area contributed by atoms with Crippen molar-refractivity contribution in [1.82, 2.24) is 0 Å². The molecule has 0 amide bonds. The Morgan fingerprint density at radius 3 is 1.69 bits per heavy atom. The van der Waals surface area contributed by atoms with Crippen LogP contribution in [0.15, 0.2) is 38.8 Å². The molecule has 0 aliphatic rings. The van der Waals surface area contributed by atoms with Gasteiger partial charge in [-0.3, -0.25) is 0 Å². The lowest BCUT2D eigenvalue weighted by Gasteiger charge is -2.16. The van der Waals surface area contributed by atoms with E-state index >= 15 is 0 Å². The molecule has 39 heavy (non-hydrogen) atoms. The summed E-state index contributed by atoms with van der Waals surface area (Å²) in [5.74, 6) is 0.854. The van der Waals surface area contributed by atoms with Crippen LogP contribution in [-0.4, -0.2) is 0 Å². The summed E-state index contributed by atoms with van der Waals surface area (Å²) in [5, 5.41) is 9.77. The summed E-state index contributed by atoms with van der Waals surface area (Å²) in [6.45, 7) is 4.62. The van der Waals surface area contributed by atoms with E-state index in [1.807, 2.05) is 11.3 Å². The van der Waals surface area contributed by atoms with Crippen LogP contribution in [0, 0.1) is 5.92 Å². The first-order chi connectivity index (χ1) is 19.2.